The Hall–Kier alpha value is -0.880. The van der Waals surface area contributed by atoms with Crippen LogP contribution in [-0.4, -0.2) is 60.3 Å². The van der Waals surface area contributed by atoms with Crippen LogP contribution in [0.25, 0.3) is 0 Å². The topological polar surface area (TPSA) is 65.9 Å². The van der Waals surface area contributed by atoms with Gasteiger partial charge in [0.15, 0.2) is 0 Å². The van der Waals surface area contributed by atoms with Gasteiger partial charge in [-0.05, 0) is 18.6 Å². The molecule has 2 heterocycles. The maximum absolute atomic E-state index is 8.98. The first-order valence-electron chi connectivity index (χ1n) is 7.12. The fourth-order valence-electron chi connectivity index (χ4n) is 2.75. The van der Waals surface area contributed by atoms with Crippen LogP contribution in [0.15, 0.2) is 22.8 Å². The number of hydrogen-bond donors (Lipinski definition) is 2. The largest absolute Gasteiger partial charge is 0.468 e. The molecule has 0 radical (unpaired) electrons. The van der Waals surface area contributed by atoms with Gasteiger partial charge in [-0.3, -0.25) is 9.80 Å². The molecule has 0 aromatic carbocycles. The highest BCUT2D eigenvalue weighted by molar-refractivity contribution is 5.08. The first-order valence-corrected chi connectivity index (χ1v) is 7.12. The van der Waals surface area contributed by atoms with Crippen LogP contribution in [0.3, 0.4) is 0 Å². The quantitative estimate of drug-likeness (QED) is 0.793. The molecule has 1 fully saturated rings. The fraction of sp³-hybridized carbons (Fsp3) is 0.714. The van der Waals surface area contributed by atoms with E-state index in [2.05, 4.69) is 16.7 Å². The number of furan rings is 1. The summed E-state index contributed by atoms with van der Waals surface area (Å²) in [6, 6.07) is 4.19. The molecule has 0 bridgehead atoms. The summed E-state index contributed by atoms with van der Waals surface area (Å²) in [5.74, 6) is 0.963. The second-order valence-electron chi connectivity index (χ2n) is 5.13. The third-order valence-corrected chi connectivity index (χ3v) is 3.93. The van der Waals surface area contributed by atoms with Crippen molar-refractivity contribution < 1.29 is 9.52 Å². The van der Waals surface area contributed by atoms with E-state index in [0.29, 0.717) is 0 Å². The zero-order chi connectivity index (χ0) is 13.7. The molecule has 0 amide bonds. The summed E-state index contributed by atoms with van der Waals surface area (Å²) in [6.07, 6.45) is 2.65. The molecule has 5 heteroatoms. The van der Waals surface area contributed by atoms with Gasteiger partial charge in [0.25, 0.3) is 0 Å². The molecule has 108 valence electrons. The average Bonchev–Trinajstić information content (AvgIpc) is 2.95. The Bertz CT molecular complexity index is 348. The molecule has 1 aromatic rings. The van der Waals surface area contributed by atoms with Gasteiger partial charge in [0, 0.05) is 38.8 Å². The summed E-state index contributed by atoms with van der Waals surface area (Å²) in [5, 5.41) is 8.98. The first-order chi connectivity index (χ1) is 9.26. The van der Waals surface area contributed by atoms with Gasteiger partial charge in [-0.25, -0.2) is 0 Å². The van der Waals surface area contributed by atoms with Crippen molar-refractivity contribution in [3.8, 4) is 0 Å². The van der Waals surface area contributed by atoms with Crippen LogP contribution in [0.2, 0.25) is 0 Å². The number of aliphatic hydroxyl groups excluding tert-OH is 1. The van der Waals surface area contributed by atoms with Crippen LogP contribution in [0.4, 0.5) is 0 Å². The third kappa shape index (κ3) is 3.57. The minimum atomic E-state index is 0.0931. The van der Waals surface area contributed by atoms with Crippen molar-refractivity contribution in [2.24, 2.45) is 5.73 Å². The smallest absolute Gasteiger partial charge is 0.122 e. The van der Waals surface area contributed by atoms with E-state index in [1.807, 2.05) is 12.1 Å². The molecule has 1 aliphatic heterocycles. The number of aliphatic hydroxyl groups is 1. The Morgan fingerprint density at radius 1 is 1.37 bits per heavy atom. The molecule has 0 aliphatic carbocycles. The van der Waals surface area contributed by atoms with Crippen molar-refractivity contribution in [3.05, 3.63) is 24.2 Å². The summed E-state index contributed by atoms with van der Waals surface area (Å²) >= 11 is 0. The van der Waals surface area contributed by atoms with Crippen LogP contribution in [0.1, 0.15) is 25.1 Å². The maximum atomic E-state index is 8.98. The lowest BCUT2D eigenvalue weighted by Crippen LogP contribution is -2.51. The summed E-state index contributed by atoms with van der Waals surface area (Å²) < 4.78 is 5.57. The second kappa shape index (κ2) is 7.05. The molecular weight excluding hydrogens is 242 g/mol. The van der Waals surface area contributed by atoms with Crippen LogP contribution < -0.4 is 5.73 Å². The molecular formula is C14H25N3O2. The normalized spacial score (nSPS) is 21.4. The van der Waals surface area contributed by atoms with E-state index >= 15 is 0 Å². The minimum absolute atomic E-state index is 0.0931. The molecule has 0 saturated carbocycles. The Kier molecular flexibility index (Phi) is 5.39. The van der Waals surface area contributed by atoms with Crippen molar-refractivity contribution in [2.45, 2.75) is 25.4 Å². The van der Waals surface area contributed by atoms with E-state index in [1.165, 1.54) is 0 Å². The van der Waals surface area contributed by atoms with Crippen molar-refractivity contribution in [2.75, 3.05) is 39.3 Å². The lowest BCUT2D eigenvalue weighted by molar-refractivity contribution is 0.0650. The second-order valence-corrected chi connectivity index (χ2v) is 5.13. The van der Waals surface area contributed by atoms with Crippen LogP contribution >= 0.6 is 0 Å². The maximum Gasteiger partial charge on any atom is 0.122 e. The Morgan fingerprint density at radius 2 is 2.11 bits per heavy atom. The predicted molar refractivity (Wildman–Crippen MR) is 74.8 cm³/mol. The van der Waals surface area contributed by atoms with Gasteiger partial charge < -0.3 is 15.3 Å². The lowest BCUT2D eigenvalue weighted by Gasteiger charge is -2.40. The fourth-order valence-corrected chi connectivity index (χ4v) is 2.75. The van der Waals surface area contributed by atoms with Gasteiger partial charge >= 0.3 is 0 Å². The highest BCUT2D eigenvalue weighted by Crippen LogP contribution is 2.26. The SMILES string of the molecule is CCC(N)C(c1ccco1)N1CCN(CCO)CC1. The Morgan fingerprint density at radius 3 is 2.63 bits per heavy atom. The lowest BCUT2D eigenvalue weighted by atomic mass is 10.0. The molecule has 1 aliphatic rings. The van der Waals surface area contributed by atoms with Crippen LogP contribution in [0.5, 0.6) is 0 Å². The zero-order valence-electron chi connectivity index (χ0n) is 11.7. The number of hydrogen-bond acceptors (Lipinski definition) is 5. The summed E-state index contributed by atoms with van der Waals surface area (Å²) in [4.78, 5) is 4.69. The van der Waals surface area contributed by atoms with Crippen molar-refractivity contribution in [3.63, 3.8) is 0 Å². The van der Waals surface area contributed by atoms with Gasteiger partial charge in [-0.2, -0.15) is 0 Å². The van der Waals surface area contributed by atoms with Crippen molar-refractivity contribution >= 4 is 0 Å². The van der Waals surface area contributed by atoms with E-state index in [1.54, 1.807) is 6.26 Å². The van der Waals surface area contributed by atoms with E-state index < -0.39 is 0 Å². The predicted octanol–water partition coefficient (Wildman–Crippen LogP) is 0.668. The number of piperazine rings is 1. The highest BCUT2D eigenvalue weighted by atomic mass is 16.3. The standard InChI is InChI=1S/C14H25N3O2/c1-2-12(15)14(13-4-3-11-19-13)17-7-5-16(6-8-17)9-10-18/h3-4,11-12,14,18H,2,5-10,15H2,1H3. The molecule has 1 aromatic heterocycles. The van der Waals surface area contributed by atoms with Crippen molar-refractivity contribution in [1.29, 1.82) is 0 Å². The zero-order valence-corrected chi connectivity index (χ0v) is 11.7. The Labute approximate surface area is 115 Å². The van der Waals surface area contributed by atoms with Gasteiger partial charge in [-0.1, -0.05) is 6.92 Å². The monoisotopic (exact) mass is 267 g/mol. The first kappa shape index (κ1) is 14.5. The molecule has 2 atom stereocenters. The third-order valence-electron chi connectivity index (χ3n) is 3.93. The molecule has 0 spiro atoms. The number of nitrogens with zero attached hydrogens (tertiary/aromatic N) is 2. The summed E-state index contributed by atoms with van der Waals surface area (Å²) in [6.45, 7) is 7.01. The molecule has 19 heavy (non-hydrogen) atoms. The molecule has 1 saturated heterocycles. The molecule has 2 rings (SSSR count). The Balaban J connectivity index is 2.00. The van der Waals surface area contributed by atoms with Crippen LogP contribution in [-0.2, 0) is 0 Å². The highest BCUT2D eigenvalue weighted by Gasteiger charge is 2.30. The molecule has 2 unspecified atom stereocenters. The average molecular weight is 267 g/mol. The van der Waals surface area contributed by atoms with Crippen LogP contribution in [0, 0.1) is 0 Å². The molecule has 3 N–H and O–H groups in total. The number of rotatable bonds is 6. The van der Waals surface area contributed by atoms with Gasteiger partial charge in [0.2, 0.25) is 0 Å². The van der Waals surface area contributed by atoms with Crippen molar-refractivity contribution in [1.82, 2.24) is 9.80 Å². The summed E-state index contributed by atoms with van der Waals surface area (Å²) in [5.41, 5.74) is 6.28. The van der Waals surface area contributed by atoms with E-state index in [0.717, 1.165) is 44.9 Å². The van der Waals surface area contributed by atoms with Gasteiger partial charge in [0.05, 0.1) is 18.9 Å². The van der Waals surface area contributed by atoms with E-state index in [-0.39, 0.29) is 18.7 Å². The number of β-amino-alcohol motifs (C(OH)–C–C–N with tert-alkyl or cyclic N) is 1. The summed E-state index contributed by atoms with van der Waals surface area (Å²) in [7, 11) is 0. The number of nitrogens with two attached hydrogens (primary N) is 1. The van der Waals surface area contributed by atoms with E-state index in [4.69, 9.17) is 15.3 Å². The van der Waals surface area contributed by atoms with E-state index in [9.17, 15) is 0 Å². The minimum Gasteiger partial charge on any atom is -0.468 e. The molecule has 5 nitrogen and oxygen atoms in total. The van der Waals surface area contributed by atoms with Gasteiger partial charge in [0.1, 0.15) is 5.76 Å². The van der Waals surface area contributed by atoms with Gasteiger partial charge in [-0.15, -0.1) is 0 Å².